The highest BCUT2D eigenvalue weighted by Crippen LogP contribution is 2.42. The second-order valence-corrected chi connectivity index (χ2v) is 8.14. The van der Waals surface area contributed by atoms with Gasteiger partial charge >= 0.3 is 5.97 Å². The van der Waals surface area contributed by atoms with E-state index in [1.807, 2.05) is 66.7 Å². The van der Waals surface area contributed by atoms with Gasteiger partial charge in [0.25, 0.3) is 0 Å². The largest absolute Gasteiger partial charge is 0.487 e. The highest BCUT2D eigenvalue weighted by Gasteiger charge is 2.34. The number of hydrogen-bond donors (Lipinski definition) is 0. The molecule has 0 atom stereocenters. The Bertz CT molecular complexity index is 1250. The zero-order valence-corrected chi connectivity index (χ0v) is 19.4. The first-order valence-electron chi connectivity index (χ1n) is 11.4. The van der Waals surface area contributed by atoms with E-state index in [-0.39, 0.29) is 11.4 Å². The minimum Gasteiger partial charge on any atom is -0.487 e. The Labute approximate surface area is 195 Å². The summed E-state index contributed by atoms with van der Waals surface area (Å²) in [6, 6.07) is 28.1. The Morgan fingerprint density at radius 3 is 2.33 bits per heavy atom. The number of nitrogens with zero attached hydrogens (tertiary/aromatic N) is 1. The van der Waals surface area contributed by atoms with Crippen molar-refractivity contribution in [2.24, 2.45) is 0 Å². The number of rotatable bonds is 8. The van der Waals surface area contributed by atoms with E-state index in [2.05, 4.69) is 32.0 Å². The molecule has 0 bridgehead atoms. The number of pyridine rings is 1. The molecule has 0 unspecified atom stereocenters. The van der Waals surface area contributed by atoms with Crippen LogP contribution < -0.4 is 4.74 Å². The highest BCUT2D eigenvalue weighted by atomic mass is 16.5. The molecule has 0 saturated heterocycles. The van der Waals surface area contributed by atoms with Crippen LogP contribution in [0.2, 0.25) is 0 Å². The summed E-state index contributed by atoms with van der Waals surface area (Å²) >= 11 is 0. The van der Waals surface area contributed by atoms with Crippen molar-refractivity contribution in [2.75, 3.05) is 7.11 Å². The fourth-order valence-electron chi connectivity index (χ4n) is 4.59. The number of esters is 1. The summed E-state index contributed by atoms with van der Waals surface area (Å²) in [6.07, 6.45) is 1.68. The fourth-order valence-corrected chi connectivity index (χ4v) is 4.59. The van der Waals surface area contributed by atoms with Crippen LogP contribution in [-0.2, 0) is 16.8 Å². The van der Waals surface area contributed by atoms with Crippen LogP contribution in [-0.4, -0.2) is 18.1 Å². The minimum absolute atomic E-state index is 0.328. The molecule has 0 N–H and O–H groups in total. The Balaban J connectivity index is 1.71. The smallest absolute Gasteiger partial charge is 0.338 e. The summed E-state index contributed by atoms with van der Waals surface area (Å²) in [5, 5.41) is 1.10. The van der Waals surface area contributed by atoms with Gasteiger partial charge in [-0.05, 0) is 54.3 Å². The lowest BCUT2D eigenvalue weighted by molar-refractivity contribution is 0.0597. The second kappa shape index (κ2) is 9.86. The van der Waals surface area contributed by atoms with Crippen LogP contribution in [0, 0.1) is 0 Å². The number of carbonyl (C=O) groups is 1. The van der Waals surface area contributed by atoms with Crippen molar-refractivity contribution in [1.82, 2.24) is 4.98 Å². The molecular weight excluding hydrogens is 410 g/mol. The maximum absolute atomic E-state index is 12.7. The van der Waals surface area contributed by atoms with Crippen molar-refractivity contribution in [3.8, 4) is 5.75 Å². The molecule has 0 aliphatic heterocycles. The van der Waals surface area contributed by atoms with Crippen LogP contribution in [0.5, 0.6) is 5.75 Å². The molecule has 0 aliphatic carbocycles. The number of ether oxygens (including phenoxy) is 2. The Hall–Kier alpha value is -3.66. The molecule has 168 valence electrons. The number of methoxy groups -OCH3 is 1. The van der Waals surface area contributed by atoms with Crippen LogP contribution >= 0.6 is 0 Å². The summed E-state index contributed by atoms with van der Waals surface area (Å²) in [5.74, 6) is 0.366. The third kappa shape index (κ3) is 4.47. The molecule has 1 aromatic heterocycles. The Kier molecular flexibility index (Phi) is 6.74. The fraction of sp³-hybridized carbons (Fsp3) is 0.241. The lowest BCUT2D eigenvalue weighted by Crippen LogP contribution is -2.29. The van der Waals surface area contributed by atoms with Gasteiger partial charge in [0, 0.05) is 10.8 Å². The Morgan fingerprint density at radius 1 is 0.879 bits per heavy atom. The average molecular weight is 440 g/mol. The maximum atomic E-state index is 12.7. The molecule has 0 saturated carbocycles. The number of benzene rings is 3. The molecular formula is C29H29NO3. The van der Waals surface area contributed by atoms with Crippen LogP contribution in [0.1, 0.15) is 53.9 Å². The first kappa shape index (κ1) is 22.5. The van der Waals surface area contributed by atoms with Gasteiger partial charge in [-0.25, -0.2) is 9.78 Å². The number of para-hydroxylation sites is 1. The standard InChI is InChI=1S/C29H29NO3/c1-4-29(5-2,22-12-7-6-8-13-22)26-19-24(17-18-25(26)28(31)32-3)33-20-23-16-15-21-11-9-10-14-27(21)30-23/h6-19H,4-5,20H2,1-3H3. The normalized spacial score (nSPS) is 11.4. The van der Waals surface area contributed by atoms with Gasteiger partial charge in [-0.15, -0.1) is 0 Å². The van der Waals surface area contributed by atoms with Gasteiger partial charge in [-0.2, -0.15) is 0 Å². The summed E-state index contributed by atoms with van der Waals surface area (Å²) in [6.45, 7) is 4.66. The highest BCUT2D eigenvalue weighted by molar-refractivity contribution is 5.92. The average Bonchev–Trinajstić information content (AvgIpc) is 2.88. The summed E-state index contributed by atoms with van der Waals surface area (Å²) in [7, 11) is 1.42. The number of hydrogen-bond acceptors (Lipinski definition) is 4. The van der Waals surface area contributed by atoms with E-state index >= 15 is 0 Å². The van der Waals surface area contributed by atoms with E-state index in [1.54, 1.807) is 0 Å². The van der Waals surface area contributed by atoms with Gasteiger partial charge in [0.2, 0.25) is 0 Å². The molecule has 0 radical (unpaired) electrons. The van der Waals surface area contributed by atoms with Crippen molar-refractivity contribution in [3.63, 3.8) is 0 Å². The molecule has 33 heavy (non-hydrogen) atoms. The van der Waals surface area contributed by atoms with Crippen molar-refractivity contribution < 1.29 is 14.3 Å². The second-order valence-electron chi connectivity index (χ2n) is 8.14. The molecule has 0 aliphatic rings. The van der Waals surface area contributed by atoms with E-state index in [9.17, 15) is 4.79 Å². The molecule has 4 nitrogen and oxygen atoms in total. The quantitative estimate of drug-likeness (QED) is 0.286. The topological polar surface area (TPSA) is 48.4 Å². The van der Waals surface area contributed by atoms with Gasteiger partial charge in [-0.3, -0.25) is 0 Å². The van der Waals surface area contributed by atoms with E-state index in [1.165, 1.54) is 12.7 Å². The van der Waals surface area contributed by atoms with Gasteiger partial charge in [0.15, 0.2) is 0 Å². The molecule has 4 aromatic rings. The lowest BCUT2D eigenvalue weighted by Gasteiger charge is -2.34. The maximum Gasteiger partial charge on any atom is 0.338 e. The van der Waals surface area contributed by atoms with E-state index in [4.69, 9.17) is 14.5 Å². The third-order valence-electron chi connectivity index (χ3n) is 6.49. The van der Waals surface area contributed by atoms with E-state index < -0.39 is 0 Å². The summed E-state index contributed by atoms with van der Waals surface area (Å²) < 4.78 is 11.3. The van der Waals surface area contributed by atoms with Crippen LogP contribution in [0.4, 0.5) is 0 Å². The lowest BCUT2D eigenvalue weighted by atomic mass is 9.69. The van der Waals surface area contributed by atoms with Gasteiger partial charge < -0.3 is 9.47 Å². The van der Waals surface area contributed by atoms with Crippen molar-refractivity contribution in [2.45, 2.75) is 38.7 Å². The molecule has 0 spiro atoms. The molecule has 0 amide bonds. The Morgan fingerprint density at radius 2 is 1.61 bits per heavy atom. The molecule has 4 rings (SSSR count). The monoisotopic (exact) mass is 439 g/mol. The zero-order chi connectivity index (χ0) is 23.3. The molecule has 1 heterocycles. The van der Waals surface area contributed by atoms with Gasteiger partial charge in [-0.1, -0.05) is 68.4 Å². The molecule has 4 heteroatoms. The summed E-state index contributed by atoms with van der Waals surface area (Å²) in [5.41, 5.74) is 4.14. The zero-order valence-electron chi connectivity index (χ0n) is 19.4. The third-order valence-corrected chi connectivity index (χ3v) is 6.49. The van der Waals surface area contributed by atoms with Crippen LogP contribution in [0.25, 0.3) is 10.9 Å². The number of aromatic nitrogens is 1. The van der Waals surface area contributed by atoms with Crippen molar-refractivity contribution >= 4 is 16.9 Å². The van der Waals surface area contributed by atoms with Gasteiger partial charge in [0.05, 0.1) is 23.9 Å². The van der Waals surface area contributed by atoms with Crippen LogP contribution in [0.15, 0.2) is 84.9 Å². The summed E-state index contributed by atoms with van der Waals surface area (Å²) in [4.78, 5) is 17.4. The predicted molar refractivity (Wildman–Crippen MR) is 132 cm³/mol. The van der Waals surface area contributed by atoms with E-state index in [0.717, 1.165) is 35.0 Å². The van der Waals surface area contributed by atoms with Crippen molar-refractivity contribution in [1.29, 1.82) is 0 Å². The molecule has 3 aromatic carbocycles. The SMILES string of the molecule is CCC(CC)(c1ccccc1)c1cc(OCc2ccc3ccccc3n2)ccc1C(=O)OC. The first-order valence-corrected chi connectivity index (χ1v) is 11.4. The predicted octanol–water partition coefficient (Wildman–Crippen LogP) is 6.71. The molecule has 0 fully saturated rings. The number of carbonyl (C=O) groups excluding carboxylic acids is 1. The van der Waals surface area contributed by atoms with Crippen molar-refractivity contribution in [3.05, 3.63) is 107 Å². The van der Waals surface area contributed by atoms with Crippen LogP contribution in [0.3, 0.4) is 0 Å². The minimum atomic E-state index is -0.338. The van der Waals surface area contributed by atoms with E-state index in [0.29, 0.717) is 17.9 Å². The first-order chi connectivity index (χ1) is 16.1. The van der Waals surface area contributed by atoms with Gasteiger partial charge in [0.1, 0.15) is 12.4 Å². The number of fused-ring (bicyclic) bond motifs is 1.